The second-order valence-corrected chi connectivity index (χ2v) is 6.87. The lowest BCUT2D eigenvalue weighted by Gasteiger charge is -1.89. The van der Waals surface area contributed by atoms with E-state index in [0.717, 1.165) is 10.0 Å². The molecule has 0 heterocycles. The van der Waals surface area contributed by atoms with Gasteiger partial charge in [0.2, 0.25) is 0 Å². The van der Waals surface area contributed by atoms with Gasteiger partial charge in [-0.15, -0.1) is 24.0 Å². The monoisotopic (exact) mass is 477 g/mol. The average molecular weight is 478 g/mol. The average Bonchev–Trinajstić information content (AvgIpc) is 2.25. The van der Waals surface area contributed by atoms with Crippen molar-refractivity contribution >= 4 is 47.2 Å². The van der Waals surface area contributed by atoms with Gasteiger partial charge < -0.3 is 0 Å². The molecule has 0 aromatic heterocycles. The maximum absolute atomic E-state index is 5.83. The molecule has 4 heteroatoms. The molecule has 0 N–H and O–H groups in total. The Labute approximate surface area is 133 Å². The lowest BCUT2D eigenvalue weighted by Crippen LogP contribution is -3.61. The van der Waals surface area contributed by atoms with Crippen LogP contribution in [0.25, 0.3) is 0 Å². The Morgan fingerprint density at radius 1 is 0.625 bits per heavy atom. The van der Waals surface area contributed by atoms with Crippen molar-refractivity contribution in [3.8, 4) is 0 Å². The van der Waals surface area contributed by atoms with Gasteiger partial charge in [-0.2, -0.15) is 0 Å². The summed E-state index contributed by atoms with van der Waals surface area (Å²) >= 11 is 11.5. The lowest BCUT2D eigenvalue weighted by molar-refractivity contribution is -0.597. The number of hydrogen-bond donors (Lipinski definition) is 0. The summed E-state index contributed by atoms with van der Waals surface area (Å²) in [5.41, 5.74) is 0. The molecule has 2 rings (SSSR count). The minimum Gasteiger partial charge on any atom is -0.107 e. The van der Waals surface area contributed by atoms with Gasteiger partial charge in [0.1, 0.15) is 0 Å². The van der Waals surface area contributed by atoms with Crippen molar-refractivity contribution in [2.75, 3.05) is 0 Å². The molecule has 16 heavy (non-hydrogen) atoms. The van der Waals surface area contributed by atoms with Crippen molar-refractivity contribution < 1.29 is 21.2 Å². The summed E-state index contributed by atoms with van der Waals surface area (Å²) < 4.78 is 2.72. The number of rotatable bonds is 2. The molecule has 0 saturated heterocycles. The molecule has 0 amide bonds. The molecule has 0 aliphatic heterocycles. The lowest BCUT2D eigenvalue weighted by atomic mass is 10.4. The Morgan fingerprint density at radius 2 is 0.938 bits per heavy atom. The quantitative estimate of drug-likeness (QED) is 0.578. The number of halogens is 4. The SMILES string of the molecule is Clc1ccc([I+]c2ccc(Cl)cc2)cc1.I. The predicted octanol–water partition coefficient (Wildman–Crippen LogP) is 1.74. The summed E-state index contributed by atoms with van der Waals surface area (Å²) in [6.45, 7) is 0. The van der Waals surface area contributed by atoms with Gasteiger partial charge in [-0.1, -0.05) is 23.2 Å². The number of hydrogen-bond acceptors (Lipinski definition) is 0. The highest BCUT2D eigenvalue weighted by Gasteiger charge is 2.14. The van der Waals surface area contributed by atoms with E-state index in [-0.39, 0.29) is 45.2 Å². The Balaban J connectivity index is 0.00000128. The highest BCUT2D eigenvalue weighted by molar-refractivity contribution is 14.0. The summed E-state index contributed by atoms with van der Waals surface area (Å²) in [5.74, 6) is 0. The smallest absolute Gasteiger partial charge is 0.107 e. The van der Waals surface area contributed by atoms with Crippen molar-refractivity contribution in [1.29, 1.82) is 0 Å². The Kier molecular flexibility index (Phi) is 6.39. The molecule has 84 valence electrons. The minimum atomic E-state index is -0.114. The molecule has 0 aliphatic carbocycles. The summed E-state index contributed by atoms with van der Waals surface area (Å²) in [5, 5.41) is 1.58. The van der Waals surface area contributed by atoms with Crippen molar-refractivity contribution in [2.45, 2.75) is 0 Å². The van der Waals surface area contributed by atoms with E-state index < -0.39 is 0 Å². The van der Waals surface area contributed by atoms with Gasteiger partial charge in [0.15, 0.2) is 7.14 Å². The van der Waals surface area contributed by atoms with Crippen LogP contribution in [-0.2, 0) is 0 Å². The first-order valence-corrected chi connectivity index (χ1v) is 7.31. The topological polar surface area (TPSA) is 0 Å². The van der Waals surface area contributed by atoms with Crippen LogP contribution >= 0.6 is 47.2 Å². The summed E-state index contributed by atoms with van der Waals surface area (Å²) in [7, 11) is 0. The Hall–Kier alpha value is 0.480. The van der Waals surface area contributed by atoms with Crippen molar-refractivity contribution in [3.05, 3.63) is 65.7 Å². The van der Waals surface area contributed by atoms with Gasteiger partial charge in [-0.3, -0.25) is 0 Å². The summed E-state index contributed by atoms with van der Waals surface area (Å²) in [4.78, 5) is 0. The first-order chi connectivity index (χ1) is 7.24. The predicted molar refractivity (Wildman–Crippen MR) is 75.7 cm³/mol. The standard InChI is InChI=1S/C12H8Cl2I.HI/c13-9-1-5-11(6-2-9)15-12-7-3-10(14)4-8-12;/h1-8H;1H/q+1;. The van der Waals surface area contributed by atoms with E-state index in [1.165, 1.54) is 7.14 Å². The van der Waals surface area contributed by atoms with E-state index in [1.54, 1.807) is 0 Å². The maximum atomic E-state index is 5.83. The van der Waals surface area contributed by atoms with Gasteiger partial charge in [-0.05, 0) is 48.5 Å². The second kappa shape index (κ2) is 7.03. The first kappa shape index (κ1) is 14.5. The largest absolute Gasteiger partial charge is 0.357 e. The van der Waals surface area contributed by atoms with Gasteiger partial charge in [-0.25, -0.2) is 0 Å². The fraction of sp³-hybridized carbons (Fsp3) is 0. The third-order valence-electron chi connectivity index (χ3n) is 1.83. The fourth-order valence-corrected chi connectivity index (χ4v) is 3.52. The minimum absolute atomic E-state index is 0. The Bertz CT molecular complexity index is 394. The van der Waals surface area contributed by atoms with Gasteiger partial charge >= 0.3 is 21.2 Å². The summed E-state index contributed by atoms with van der Waals surface area (Å²) in [6.07, 6.45) is 0. The van der Waals surface area contributed by atoms with Gasteiger partial charge in [0.25, 0.3) is 0 Å². The molecule has 0 aliphatic rings. The molecule has 2 aromatic rings. The highest BCUT2D eigenvalue weighted by Crippen LogP contribution is 2.05. The van der Waals surface area contributed by atoms with E-state index in [2.05, 4.69) is 24.3 Å². The van der Waals surface area contributed by atoms with Crippen LogP contribution in [0.15, 0.2) is 48.5 Å². The fourth-order valence-electron chi connectivity index (χ4n) is 1.11. The van der Waals surface area contributed by atoms with Crippen LogP contribution < -0.4 is 21.2 Å². The van der Waals surface area contributed by atoms with Crippen LogP contribution in [0.3, 0.4) is 0 Å². The molecule has 0 saturated carbocycles. The molecule has 0 unspecified atom stereocenters. The molecular weight excluding hydrogens is 469 g/mol. The normalized spacial score (nSPS) is 9.62. The van der Waals surface area contributed by atoms with Crippen molar-refractivity contribution in [3.63, 3.8) is 0 Å². The van der Waals surface area contributed by atoms with Gasteiger partial charge in [0.05, 0.1) is 0 Å². The van der Waals surface area contributed by atoms with Crippen LogP contribution in [0.2, 0.25) is 10.0 Å². The van der Waals surface area contributed by atoms with Crippen molar-refractivity contribution in [2.24, 2.45) is 0 Å². The van der Waals surface area contributed by atoms with E-state index >= 15 is 0 Å². The van der Waals surface area contributed by atoms with E-state index in [0.29, 0.717) is 0 Å². The van der Waals surface area contributed by atoms with Crippen LogP contribution in [0, 0.1) is 7.14 Å². The first-order valence-electron chi connectivity index (χ1n) is 4.40. The van der Waals surface area contributed by atoms with Crippen LogP contribution in [0.1, 0.15) is 0 Å². The molecule has 0 radical (unpaired) electrons. The molecule has 0 spiro atoms. The second-order valence-electron chi connectivity index (χ2n) is 2.97. The van der Waals surface area contributed by atoms with Crippen LogP contribution in [0.5, 0.6) is 0 Å². The Morgan fingerprint density at radius 3 is 1.25 bits per heavy atom. The maximum Gasteiger partial charge on any atom is 0.357 e. The molecule has 0 atom stereocenters. The molecule has 0 fully saturated rings. The molecular formula is C12H9Cl2I2+. The van der Waals surface area contributed by atoms with E-state index in [1.807, 2.05) is 24.3 Å². The third-order valence-corrected chi connectivity index (χ3v) is 5.01. The number of benzene rings is 2. The third kappa shape index (κ3) is 4.39. The van der Waals surface area contributed by atoms with E-state index in [9.17, 15) is 0 Å². The highest BCUT2D eigenvalue weighted by atomic mass is 127. The molecule has 0 nitrogen and oxygen atoms in total. The van der Waals surface area contributed by atoms with Gasteiger partial charge in [0, 0.05) is 10.0 Å². The van der Waals surface area contributed by atoms with Crippen molar-refractivity contribution in [1.82, 2.24) is 0 Å². The molecule has 0 bridgehead atoms. The summed E-state index contributed by atoms with van der Waals surface area (Å²) in [6, 6.07) is 16.1. The molecule has 2 aromatic carbocycles. The zero-order valence-electron chi connectivity index (χ0n) is 8.16. The zero-order valence-corrected chi connectivity index (χ0v) is 14.2. The van der Waals surface area contributed by atoms with Crippen LogP contribution in [0.4, 0.5) is 0 Å². The zero-order chi connectivity index (χ0) is 10.7. The van der Waals surface area contributed by atoms with Crippen LogP contribution in [-0.4, -0.2) is 0 Å². The van der Waals surface area contributed by atoms with E-state index in [4.69, 9.17) is 23.2 Å².